The van der Waals surface area contributed by atoms with E-state index in [-0.39, 0.29) is 11.5 Å². The zero-order chi connectivity index (χ0) is 9.26. The molecule has 1 heterocycles. The number of amidine groups is 1. The van der Waals surface area contributed by atoms with Gasteiger partial charge in [-0.15, -0.1) is 0 Å². The van der Waals surface area contributed by atoms with Crippen LogP contribution in [-0.2, 0) is 0 Å². The first-order chi connectivity index (χ1) is 6.36. The fourth-order valence-corrected chi connectivity index (χ4v) is 1.29. The van der Waals surface area contributed by atoms with E-state index in [2.05, 4.69) is 15.6 Å². The van der Waals surface area contributed by atoms with Crippen molar-refractivity contribution in [2.75, 3.05) is 5.32 Å². The Morgan fingerprint density at radius 3 is 2.54 bits per heavy atom. The number of benzene rings is 1. The molecule has 0 saturated heterocycles. The maximum Gasteiger partial charge on any atom is 0.199 e. The average molecular weight is 177 g/mol. The van der Waals surface area contributed by atoms with Gasteiger partial charge in [0, 0.05) is 11.3 Å². The van der Waals surface area contributed by atoms with Crippen molar-refractivity contribution in [3.63, 3.8) is 0 Å². The second-order valence-corrected chi connectivity index (χ2v) is 2.57. The molecular weight excluding hydrogens is 170 g/mol. The average Bonchev–Trinajstić information content (AvgIpc) is 2.55. The van der Waals surface area contributed by atoms with Crippen LogP contribution >= 0.6 is 0 Å². The SMILES string of the molecule is ON=C1Nc2ccccc2C1=NO. The first-order valence-corrected chi connectivity index (χ1v) is 3.67. The van der Waals surface area contributed by atoms with Crippen LogP contribution in [-0.4, -0.2) is 22.0 Å². The number of nitrogens with zero attached hydrogens (tertiary/aromatic N) is 2. The third kappa shape index (κ3) is 1.01. The summed E-state index contributed by atoms with van der Waals surface area (Å²) in [4.78, 5) is 0. The van der Waals surface area contributed by atoms with Crippen LogP contribution in [0.4, 0.5) is 5.69 Å². The van der Waals surface area contributed by atoms with E-state index in [0.29, 0.717) is 0 Å². The highest BCUT2D eigenvalue weighted by molar-refractivity contribution is 6.55. The van der Waals surface area contributed by atoms with Gasteiger partial charge >= 0.3 is 0 Å². The maximum atomic E-state index is 8.67. The largest absolute Gasteiger partial charge is 0.410 e. The van der Waals surface area contributed by atoms with Gasteiger partial charge in [-0.25, -0.2) is 0 Å². The normalized spacial score (nSPS) is 20.3. The Kier molecular flexibility index (Phi) is 1.63. The lowest BCUT2D eigenvalue weighted by atomic mass is 10.1. The standard InChI is InChI=1S/C8H7N3O2/c12-10-7-5-3-1-2-4-6(5)9-8(7)11-13/h1-4,12-13H,(H,9,10,11). The summed E-state index contributed by atoms with van der Waals surface area (Å²) in [6, 6.07) is 7.22. The summed E-state index contributed by atoms with van der Waals surface area (Å²) in [5, 5.41) is 26.1. The van der Waals surface area contributed by atoms with E-state index in [0.717, 1.165) is 11.3 Å². The molecule has 3 N–H and O–H groups in total. The lowest BCUT2D eigenvalue weighted by Crippen LogP contribution is -2.14. The molecule has 0 spiro atoms. The number of hydrogen-bond donors (Lipinski definition) is 3. The summed E-state index contributed by atoms with van der Waals surface area (Å²) in [5.74, 6) is 0.156. The predicted octanol–water partition coefficient (Wildman–Crippen LogP) is 1.08. The van der Waals surface area contributed by atoms with E-state index in [1.54, 1.807) is 12.1 Å². The fraction of sp³-hybridized carbons (Fsp3) is 0. The molecule has 5 heteroatoms. The van der Waals surface area contributed by atoms with Crippen LogP contribution in [0.1, 0.15) is 5.56 Å². The van der Waals surface area contributed by atoms with Gasteiger partial charge in [0.2, 0.25) is 0 Å². The lowest BCUT2D eigenvalue weighted by Gasteiger charge is -1.93. The van der Waals surface area contributed by atoms with Gasteiger partial charge < -0.3 is 15.7 Å². The van der Waals surface area contributed by atoms with E-state index >= 15 is 0 Å². The first-order valence-electron chi connectivity index (χ1n) is 3.67. The molecule has 0 radical (unpaired) electrons. The van der Waals surface area contributed by atoms with E-state index in [9.17, 15) is 0 Å². The van der Waals surface area contributed by atoms with Crippen molar-refractivity contribution in [2.45, 2.75) is 0 Å². The van der Waals surface area contributed by atoms with Crippen molar-refractivity contribution in [3.05, 3.63) is 29.8 Å². The molecule has 13 heavy (non-hydrogen) atoms. The van der Waals surface area contributed by atoms with E-state index < -0.39 is 0 Å². The van der Waals surface area contributed by atoms with Crippen molar-refractivity contribution in [1.82, 2.24) is 0 Å². The Bertz CT molecular complexity index is 398. The molecule has 2 rings (SSSR count). The van der Waals surface area contributed by atoms with Crippen LogP contribution in [0.25, 0.3) is 0 Å². The van der Waals surface area contributed by atoms with E-state index in [4.69, 9.17) is 10.4 Å². The molecule has 66 valence electrons. The highest BCUT2D eigenvalue weighted by Crippen LogP contribution is 2.22. The number of para-hydroxylation sites is 1. The monoisotopic (exact) mass is 177 g/mol. The summed E-state index contributed by atoms with van der Waals surface area (Å²) in [6.07, 6.45) is 0. The minimum atomic E-state index is 0.156. The number of oxime groups is 2. The van der Waals surface area contributed by atoms with Crippen molar-refractivity contribution >= 4 is 17.2 Å². The number of rotatable bonds is 0. The highest BCUT2D eigenvalue weighted by atomic mass is 16.4. The van der Waals surface area contributed by atoms with Crippen LogP contribution in [0.3, 0.4) is 0 Å². The number of fused-ring (bicyclic) bond motifs is 1. The number of nitrogens with one attached hydrogen (secondary N) is 1. The van der Waals surface area contributed by atoms with Crippen LogP contribution in [0.2, 0.25) is 0 Å². The van der Waals surface area contributed by atoms with Crippen molar-refractivity contribution in [2.24, 2.45) is 10.3 Å². The van der Waals surface area contributed by atoms with Crippen LogP contribution < -0.4 is 5.32 Å². The van der Waals surface area contributed by atoms with E-state index in [1.807, 2.05) is 12.1 Å². The van der Waals surface area contributed by atoms with Crippen molar-refractivity contribution in [3.8, 4) is 0 Å². The predicted molar refractivity (Wildman–Crippen MR) is 47.6 cm³/mol. The molecule has 0 fully saturated rings. The zero-order valence-electron chi connectivity index (χ0n) is 6.60. The number of hydrogen-bond acceptors (Lipinski definition) is 4. The van der Waals surface area contributed by atoms with Gasteiger partial charge in [-0.1, -0.05) is 28.5 Å². The molecule has 0 aromatic heterocycles. The second kappa shape index (κ2) is 2.78. The Balaban J connectivity index is 2.59. The molecule has 0 saturated carbocycles. The van der Waals surface area contributed by atoms with Gasteiger partial charge in [0.05, 0.1) is 0 Å². The van der Waals surface area contributed by atoms with Gasteiger partial charge in [0.1, 0.15) is 0 Å². The summed E-state index contributed by atoms with van der Waals surface area (Å²) in [5.41, 5.74) is 1.74. The third-order valence-electron chi connectivity index (χ3n) is 1.86. The third-order valence-corrected chi connectivity index (χ3v) is 1.86. The molecular formula is C8H7N3O2. The van der Waals surface area contributed by atoms with Gasteiger partial charge in [-0.2, -0.15) is 0 Å². The fourth-order valence-electron chi connectivity index (χ4n) is 1.29. The Morgan fingerprint density at radius 1 is 1.08 bits per heavy atom. The van der Waals surface area contributed by atoms with Gasteiger partial charge in [0.15, 0.2) is 11.5 Å². The second-order valence-electron chi connectivity index (χ2n) is 2.57. The van der Waals surface area contributed by atoms with Crippen LogP contribution in [0.15, 0.2) is 34.6 Å². The van der Waals surface area contributed by atoms with Crippen LogP contribution in [0, 0.1) is 0 Å². The summed E-state index contributed by atoms with van der Waals surface area (Å²) in [7, 11) is 0. The van der Waals surface area contributed by atoms with Crippen LogP contribution in [0.5, 0.6) is 0 Å². The molecule has 1 aliphatic heterocycles. The highest BCUT2D eigenvalue weighted by Gasteiger charge is 2.24. The van der Waals surface area contributed by atoms with E-state index in [1.165, 1.54) is 0 Å². The lowest BCUT2D eigenvalue weighted by molar-refractivity contribution is 0.314. The molecule has 0 aliphatic carbocycles. The molecule has 0 atom stereocenters. The smallest absolute Gasteiger partial charge is 0.199 e. The maximum absolute atomic E-state index is 8.67. The summed E-state index contributed by atoms with van der Waals surface area (Å²) >= 11 is 0. The quantitative estimate of drug-likeness (QED) is 0.410. The minimum Gasteiger partial charge on any atom is -0.410 e. The first kappa shape index (κ1) is 7.60. The van der Waals surface area contributed by atoms with Gasteiger partial charge in [-0.05, 0) is 6.07 Å². The topological polar surface area (TPSA) is 77.2 Å². The number of anilines is 1. The molecule has 5 nitrogen and oxygen atoms in total. The molecule has 0 bridgehead atoms. The molecule has 1 aliphatic rings. The minimum absolute atomic E-state index is 0.156. The van der Waals surface area contributed by atoms with Gasteiger partial charge in [-0.3, -0.25) is 0 Å². The Labute approximate surface area is 74.0 Å². The zero-order valence-corrected chi connectivity index (χ0v) is 6.60. The molecule has 1 aromatic rings. The summed E-state index contributed by atoms with van der Waals surface area (Å²) in [6.45, 7) is 0. The Hall–Kier alpha value is -2.04. The van der Waals surface area contributed by atoms with Crippen molar-refractivity contribution in [1.29, 1.82) is 0 Å². The Morgan fingerprint density at radius 2 is 1.85 bits per heavy atom. The molecule has 0 amide bonds. The molecule has 0 unspecified atom stereocenters. The van der Waals surface area contributed by atoms with Crippen molar-refractivity contribution < 1.29 is 10.4 Å². The van der Waals surface area contributed by atoms with Gasteiger partial charge in [0.25, 0.3) is 0 Å². The molecule has 1 aromatic carbocycles. The summed E-state index contributed by atoms with van der Waals surface area (Å²) < 4.78 is 0.